The van der Waals surface area contributed by atoms with Crippen LogP contribution in [0.5, 0.6) is 0 Å². The predicted molar refractivity (Wildman–Crippen MR) is 299 cm³/mol. The fourth-order valence-electron chi connectivity index (χ4n) is 9.22. The fraction of sp³-hybridized carbons (Fsp3) is 0.304. The van der Waals surface area contributed by atoms with E-state index in [4.69, 9.17) is 48.0 Å². The number of likely N-dealkylation sites (N-methyl/N-ethyl adjacent to an activating group) is 1. The number of para-hydroxylation sites is 3. The Bertz CT molecular complexity index is 2940. The van der Waals surface area contributed by atoms with Gasteiger partial charge in [-0.25, -0.2) is 15.0 Å². The molecule has 0 spiro atoms. The third-order valence-electron chi connectivity index (χ3n) is 13.1. The van der Waals surface area contributed by atoms with Crippen molar-refractivity contribution in [1.82, 2.24) is 29.8 Å². The second kappa shape index (κ2) is 24.5. The summed E-state index contributed by atoms with van der Waals surface area (Å²) in [6.45, 7) is 14.0. The zero-order valence-corrected chi connectivity index (χ0v) is 44.4. The van der Waals surface area contributed by atoms with Gasteiger partial charge in [-0.15, -0.1) is 0 Å². The second-order valence-corrected chi connectivity index (χ2v) is 22.1. The van der Waals surface area contributed by atoms with Crippen molar-refractivity contribution in [1.29, 1.82) is 0 Å². The summed E-state index contributed by atoms with van der Waals surface area (Å²) in [5, 5.41) is 13.7. The third kappa shape index (κ3) is 12.4. The first-order valence-corrected chi connectivity index (χ1v) is 27.9. The van der Waals surface area contributed by atoms with Crippen LogP contribution in [-0.2, 0) is 4.74 Å². The Balaban J connectivity index is 0.000000125. The minimum atomic E-state index is 0.0898. The molecule has 6 aliphatic rings. The minimum absolute atomic E-state index is 0.0898. The van der Waals surface area contributed by atoms with Gasteiger partial charge in [0.1, 0.15) is 17.5 Å². The summed E-state index contributed by atoms with van der Waals surface area (Å²) in [6.07, 6.45) is 0. The summed E-state index contributed by atoms with van der Waals surface area (Å²) in [6, 6.07) is 45.8. The highest BCUT2D eigenvalue weighted by Crippen LogP contribution is 2.44. The molecule has 0 atom stereocenters. The van der Waals surface area contributed by atoms with Gasteiger partial charge >= 0.3 is 0 Å². The Morgan fingerprint density at radius 1 is 0.486 bits per heavy atom. The number of fused-ring (bicyclic) bond motifs is 6. The van der Waals surface area contributed by atoms with E-state index in [1.807, 2.05) is 36.4 Å². The summed E-state index contributed by atoms with van der Waals surface area (Å²) in [5.74, 6) is 3.17. The molecule has 0 aliphatic carbocycles. The van der Waals surface area contributed by atoms with E-state index in [2.05, 4.69) is 134 Å². The quantitative estimate of drug-likeness (QED) is 0.162. The van der Waals surface area contributed by atoms with Crippen molar-refractivity contribution < 1.29 is 9.84 Å². The number of benzene rings is 6. The number of aliphatic hydroxyl groups excluding tert-OH is 1. The minimum Gasteiger partial charge on any atom is -0.394 e. The van der Waals surface area contributed by atoms with Crippen LogP contribution in [0.3, 0.4) is 0 Å². The van der Waals surface area contributed by atoms with Gasteiger partial charge in [-0.1, -0.05) is 113 Å². The van der Waals surface area contributed by atoms with Crippen LogP contribution >= 0.6 is 58.5 Å². The van der Waals surface area contributed by atoms with Crippen molar-refractivity contribution >= 4 is 93.1 Å². The average molecular weight is 1060 g/mol. The van der Waals surface area contributed by atoms with E-state index in [0.29, 0.717) is 13.2 Å². The average Bonchev–Trinajstić information content (AvgIpc) is 3.78. The largest absolute Gasteiger partial charge is 0.394 e. The summed E-state index contributed by atoms with van der Waals surface area (Å²) >= 11 is 17.9. The number of hydrogen-bond donors (Lipinski definition) is 2. The van der Waals surface area contributed by atoms with E-state index in [-0.39, 0.29) is 6.61 Å². The van der Waals surface area contributed by atoms with Gasteiger partial charge in [0, 0.05) is 141 Å². The second-order valence-electron chi connectivity index (χ2n) is 18.0. The molecule has 6 aromatic carbocycles. The zero-order valence-electron chi connectivity index (χ0n) is 40.4. The lowest BCUT2D eigenvalue weighted by atomic mass is 10.1. The number of ether oxygens (including phenoxy) is 1. The monoisotopic (exact) mass is 1060 g/mol. The molecule has 6 aromatic rings. The van der Waals surface area contributed by atoms with Crippen molar-refractivity contribution in [3.63, 3.8) is 0 Å². The molecule has 2 N–H and O–H groups in total. The van der Waals surface area contributed by atoms with Crippen molar-refractivity contribution in [2.24, 2.45) is 15.0 Å². The van der Waals surface area contributed by atoms with Crippen LogP contribution in [0.1, 0.15) is 16.7 Å². The van der Waals surface area contributed by atoms with Crippen molar-refractivity contribution in [2.45, 2.75) is 29.4 Å². The molecular formula is C56H59Cl2N9O2S3. The zero-order chi connectivity index (χ0) is 49.2. The Morgan fingerprint density at radius 3 is 1.40 bits per heavy atom. The standard InChI is InChI=1S/C21H25N3O2S.C18H18ClN3S.C17H16ClN3S/c25-14-16-26-15-13-23-9-11-24(12-10-23)21-17-5-1-3-7-19(17)27-20-8-4-2-6-18(20)22-21;1-21-8-10-22(11-9-21)18-14-12-13(19)6-7-16(14)23-17-5-3-2-4-15(17)20-18;18-12-5-6-15-13(11-12)17(21-9-7-19-8-10-21)20-14-3-1-2-4-16(14)22-15/h1-8,25H,9-16H2;2-7,12H,8-11H2,1H3;1-6,11,19H,7-10H2. The molecule has 0 saturated carbocycles. The van der Waals surface area contributed by atoms with Gasteiger partial charge in [-0.3, -0.25) is 4.90 Å². The molecule has 3 fully saturated rings. The van der Waals surface area contributed by atoms with E-state index in [1.54, 1.807) is 35.3 Å². The summed E-state index contributed by atoms with van der Waals surface area (Å²) in [5.41, 5.74) is 6.62. The number of rotatable bonds is 5. The predicted octanol–water partition coefficient (Wildman–Crippen LogP) is 10.8. The van der Waals surface area contributed by atoms with Gasteiger partial charge in [0.2, 0.25) is 0 Å². The van der Waals surface area contributed by atoms with Gasteiger partial charge in [-0.2, -0.15) is 0 Å². The summed E-state index contributed by atoms with van der Waals surface area (Å²) in [4.78, 5) is 34.3. The molecule has 0 aromatic heterocycles. The molecule has 0 unspecified atom stereocenters. The van der Waals surface area contributed by atoms with Crippen LogP contribution in [0.2, 0.25) is 10.0 Å². The number of amidine groups is 3. The number of nitrogens with one attached hydrogen (secondary N) is 1. The first kappa shape index (κ1) is 50.7. The molecule has 72 heavy (non-hydrogen) atoms. The van der Waals surface area contributed by atoms with Crippen LogP contribution in [0, 0.1) is 0 Å². The van der Waals surface area contributed by atoms with E-state index in [0.717, 1.165) is 141 Å². The molecule has 12 rings (SSSR count). The lowest BCUT2D eigenvalue weighted by molar-refractivity contribution is 0.0652. The van der Waals surface area contributed by atoms with Gasteiger partial charge in [-0.05, 0) is 85.9 Å². The van der Waals surface area contributed by atoms with Crippen LogP contribution in [0.25, 0.3) is 0 Å². The van der Waals surface area contributed by atoms with Crippen molar-refractivity contribution in [3.05, 3.63) is 160 Å². The number of nitrogens with zero attached hydrogens (tertiary/aromatic N) is 8. The Morgan fingerprint density at radius 2 is 0.903 bits per heavy atom. The Kier molecular flexibility index (Phi) is 17.2. The lowest BCUT2D eigenvalue weighted by Crippen LogP contribution is -2.49. The molecular weight excluding hydrogens is 998 g/mol. The highest BCUT2D eigenvalue weighted by molar-refractivity contribution is 8.00. The highest BCUT2D eigenvalue weighted by Gasteiger charge is 2.28. The highest BCUT2D eigenvalue weighted by atomic mass is 35.5. The number of hydrogen-bond acceptors (Lipinski definition) is 14. The van der Waals surface area contributed by atoms with Gasteiger partial charge in [0.05, 0.1) is 36.9 Å². The maximum absolute atomic E-state index is 8.79. The fourth-order valence-corrected chi connectivity index (χ4v) is 12.6. The van der Waals surface area contributed by atoms with Crippen LogP contribution < -0.4 is 5.32 Å². The first-order valence-electron chi connectivity index (χ1n) is 24.7. The first-order chi connectivity index (χ1) is 35.4. The Labute approximate surface area is 446 Å². The number of aliphatic hydroxyl groups is 1. The van der Waals surface area contributed by atoms with Crippen LogP contribution in [0.15, 0.2) is 178 Å². The topological polar surface area (TPSA) is 94.8 Å². The molecule has 0 radical (unpaired) electrons. The number of piperazine rings is 3. The SMILES string of the molecule is CN1CCN(C2=Nc3ccccc3Sc3ccc(Cl)cc32)CC1.Clc1ccc2c(c1)C(N1CCNCC1)=Nc1ccccc1S2.OCCOCCN1CCN(C2=Nc3ccccc3Sc3ccccc32)CC1. The molecule has 6 aliphatic heterocycles. The van der Waals surface area contributed by atoms with Crippen molar-refractivity contribution in [3.8, 4) is 0 Å². The normalized spacial score (nSPS) is 17.4. The molecule has 0 bridgehead atoms. The molecule has 0 amide bonds. The van der Waals surface area contributed by atoms with E-state index < -0.39 is 0 Å². The van der Waals surface area contributed by atoms with Crippen LogP contribution in [0.4, 0.5) is 17.1 Å². The molecule has 3 saturated heterocycles. The summed E-state index contributed by atoms with van der Waals surface area (Å²) < 4.78 is 5.40. The van der Waals surface area contributed by atoms with Gasteiger partial charge < -0.3 is 34.8 Å². The van der Waals surface area contributed by atoms with Crippen molar-refractivity contribution in [2.75, 3.05) is 112 Å². The van der Waals surface area contributed by atoms with Gasteiger partial charge in [0.25, 0.3) is 0 Å². The molecule has 16 heteroatoms. The van der Waals surface area contributed by atoms with E-state index >= 15 is 0 Å². The number of aliphatic imine (C=N–C) groups is 3. The Hall–Kier alpha value is -4.84. The third-order valence-corrected chi connectivity index (χ3v) is 17.0. The summed E-state index contributed by atoms with van der Waals surface area (Å²) in [7, 11) is 2.17. The number of halogens is 2. The lowest BCUT2D eigenvalue weighted by Gasteiger charge is -2.36. The molecule has 372 valence electrons. The maximum Gasteiger partial charge on any atom is 0.137 e. The maximum atomic E-state index is 8.79. The molecule has 11 nitrogen and oxygen atoms in total. The van der Waals surface area contributed by atoms with Gasteiger partial charge in [0.15, 0.2) is 0 Å². The van der Waals surface area contributed by atoms with E-state index in [1.165, 1.54) is 34.9 Å². The van der Waals surface area contributed by atoms with E-state index in [9.17, 15) is 0 Å². The molecule has 6 heterocycles. The van der Waals surface area contributed by atoms with Crippen LogP contribution in [-0.4, -0.2) is 159 Å². The smallest absolute Gasteiger partial charge is 0.137 e.